The zero-order valence-corrected chi connectivity index (χ0v) is 12.1. The summed E-state index contributed by atoms with van der Waals surface area (Å²) < 4.78 is 0. The van der Waals surface area contributed by atoms with Gasteiger partial charge >= 0.3 is 0 Å². The summed E-state index contributed by atoms with van der Waals surface area (Å²) in [6.07, 6.45) is 1.60. The fraction of sp³-hybridized carbons (Fsp3) is 0.429. The number of nitrogens with one attached hydrogen (secondary N) is 2. The van der Waals surface area contributed by atoms with Crippen LogP contribution in [-0.4, -0.2) is 24.1 Å². The van der Waals surface area contributed by atoms with Crippen LogP contribution in [0.1, 0.15) is 25.3 Å². The number of aryl methyl sites for hydroxylation is 1. The van der Waals surface area contributed by atoms with Gasteiger partial charge in [-0.25, -0.2) is 0 Å². The topological polar surface area (TPSA) is 44.4 Å². The van der Waals surface area contributed by atoms with Crippen molar-refractivity contribution in [2.75, 3.05) is 23.3 Å². The van der Waals surface area contributed by atoms with Gasteiger partial charge in [-0.2, -0.15) is 0 Å². The molecule has 1 aromatic carbocycles. The highest BCUT2D eigenvalue weighted by atomic mass is 32.1. The number of benzene rings is 1. The van der Waals surface area contributed by atoms with Crippen LogP contribution in [0.4, 0.5) is 11.4 Å². The van der Waals surface area contributed by atoms with Crippen LogP contribution in [0.15, 0.2) is 18.2 Å². The number of anilines is 2. The first-order valence-corrected chi connectivity index (χ1v) is 6.98. The number of hydrogen-bond acceptors (Lipinski definition) is 2. The molecule has 2 N–H and O–H groups in total. The van der Waals surface area contributed by atoms with Crippen molar-refractivity contribution in [1.29, 1.82) is 0 Å². The number of carbonyl (C=O) groups is 1. The van der Waals surface area contributed by atoms with Crippen molar-refractivity contribution in [1.82, 2.24) is 5.32 Å². The second kappa shape index (κ2) is 6.02. The Bertz CT molecular complexity index is 501. The highest BCUT2D eigenvalue weighted by Crippen LogP contribution is 2.27. The average Bonchev–Trinajstić information content (AvgIpc) is 2.76. The Morgan fingerprint density at radius 1 is 1.47 bits per heavy atom. The molecule has 0 spiro atoms. The molecule has 0 aromatic heterocycles. The fourth-order valence-corrected chi connectivity index (χ4v) is 2.54. The molecule has 1 saturated heterocycles. The molecule has 1 heterocycles. The molecule has 1 aromatic rings. The molecule has 1 aliphatic heterocycles. The normalized spacial score (nSPS) is 14.6. The molecule has 1 fully saturated rings. The van der Waals surface area contributed by atoms with Crippen LogP contribution in [0, 0.1) is 6.92 Å². The lowest BCUT2D eigenvalue weighted by molar-refractivity contribution is -0.117. The Hall–Kier alpha value is -1.62. The van der Waals surface area contributed by atoms with Crippen LogP contribution in [-0.2, 0) is 4.79 Å². The molecule has 102 valence electrons. The number of nitrogens with zero attached hydrogens (tertiary/aromatic N) is 1. The summed E-state index contributed by atoms with van der Waals surface area (Å²) in [5.74, 6) is 0.215. The van der Waals surface area contributed by atoms with Gasteiger partial charge in [-0.1, -0.05) is 0 Å². The van der Waals surface area contributed by atoms with Crippen molar-refractivity contribution in [3.05, 3.63) is 23.8 Å². The van der Waals surface area contributed by atoms with E-state index in [1.807, 2.05) is 36.9 Å². The summed E-state index contributed by atoms with van der Waals surface area (Å²) in [4.78, 5) is 13.6. The molecule has 5 heteroatoms. The predicted octanol–water partition coefficient (Wildman–Crippen LogP) is 2.43. The molecule has 0 bridgehead atoms. The maximum Gasteiger partial charge on any atom is 0.227 e. The maximum absolute atomic E-state index is 11.8. The smallest absolute Gasteiger partial charge is 0.227 e. The van der Waals surface area contributed by atoms with E-state index in [1.54, 1.807) is 0 Å². The summed E-state index contributed by atoms with van der Waals surface area (Å²) in [7, 11) is 0. The summed E-state index contributed by atoms with van der Waals surface area (Å²) >= 11 is 5.15. The van der Waals surface area contributed by atoms with Gasteiger partial charge in [0.05, 0.1) is 0 Å². The van der Waals surface area contributed by atoms with Crippen molar-refractivity contribution in [3.63, 3.8) is 0 Å². The van der Waals surface area contributed by atoms with E-state index in [0.29, 0.717) is 11.5 Å². The standard InChI is InChI=1S/C14H19N3OS/c1-3-15-14(19)16-11-6-7-12(10(2)9-11)17-8-4-5-13(17)18/h6-7,9H,3-5,8H2,1-2H3,(H2,15,16,19). The Balaban J connectivity index is 2.13. The molecule has 1 aliphatic rings. The quantitative estimate of drug-likeness (QED) is 0.833. The van der Waals surface area contributed by atoms with E-state index >= 15 is 0 Å². The summed E-state index contributed by atoms with van der Waals surface area (Å²) in [6, 6.07) is 5.96. The zero-order chi connectivity index (χ0) is 13.8. The van der Waals surface area contributed by atoms with E-state index in [2.05, 4.69) is 10.6 Å². The van der Waals surface area contributed by atoms with Crippen LogP contribution < -0.4 is 15.5 Å². The third-order valence-corrected chi connectivity index (χ3v) is 3.40. The van der Waals surface area contributed by atoms with Gasteiger partial charge < -0.3 is 15.5 Å². The third-order valence-electron chi connectivity index (χ3n) is 3.16. The first kappa shape index (κ1) is 13.8. The van der Waals surface area contributed by atoms with Gasteiger partial charge in [0.15, 0.2) is 5.11 Å². The minimum absolute atomic E-state index is 0.215. The van der Waals surface area contributed by atoms with Gasteiger partial charge in [0.25, 0.3) is 0 Å². The Labute approximate surface area is 119 Å². The minimum Gasteiger partial charge on any atom is -0.363 e. The van der Waals surface area contributed by atoms with E-state index in [1.165, 1.54) is 0 Å². The van der Waals surface area contributed by atoms with Gasteiger partial charge in [-0.3, -0.25) is 4.79 Å². The highest BCUT2D eigenvalue weighted by molar-refractivity contribution is 7.80. The van der Waals surface area contributed by atoms with Crippen molar-refractivity contribution in [2.24, 2.45) is 0 Å². The second-order valence-electron chi connectivity index (χ2n) is 4.63. The molecule has 0 atom stereocenters. The lowest BCUT2D eigenvalue weighted by atomic mass is 10.1. The summed E-state index contributed by atoms with van der Waals surface area (Å²) in [5, 5.41) is 6.79. The first-order chi connectivity index (χ1) is 9.11. The molecule has 19 heavy (non-hydrogen) atoms. The van der Waals surface area contributed by atoms with Crippen LogP contribution in [0.5, 0.6) is 0 Å². The van der Waals surface area contributed by atoms with Crippen LogP contribution in [0.2, 0.25) is 0 Å². The average molecular weight is 277 g/mol. The van der Waals surface area contributed by atoms with Gasteiger partial charge in [-0.05, 0) is 56.2 Å². The highest BCUT2D eigenvalue weighted by Gasteiger charge is 2.22. The summed E-state index contributed by atoms with van der Waals surface area (Å²) in [5.41, 5.74) is 3.03. The third kappa shape index (κ3) is 3.23. The van der Waals surface area contributed by atoms with E-state index < -0.39 is 0 Å². The Kier molecular flexibility index (Phi) is 4.37. The van der Waals surface area contributed by atoms with Gasteiger partial charge in [0.2, 0.25) is 5.91 Å². The Morgan fingerprint density at radius 3 is 2.84 bits per heavy atom. The fourth-order valence-electron chi connectivity index (χ4n) is 2.27. The van der Waals surface area contributed by atoms with Crippen molar-refractivity contribution in [3.8, 4) is 0 Å². The van der Waals surface area contributed by atoms with Crippen molar-refractivity contribution >= 4 is 34.6 Å². The largest absolute Gasteiger partial charge is 0.363 e. The predicted molar refractivity (Wildman–Crippen MR) is 82.7 cm³/mol. The molecule has 0 saturated carbocycles. The lowest BCUT2D eigenvalue weighted by Crippen LogP contribution is -2.28. The summed E-state index contributed by atoms with van der Waals surface area (Å²) in [6.45, 7) is 5.64. The number of amides is 1. The lowest BCUT2D eigenvalue weighted by Gasteiger charge is -2.19. The molecule has 0 radical (unpaired) electrons. The van der Waals surface area contributed by atoms with E-state index in [9.17, 15) is 4.79 Å². The monoisotopic (exact) mass is 277 g/mol. The first-order valence-electron chi connectivity index (χ1n) is 6.57. The van der Waals surface area contributed by atoms with Gasteiger partial charge in [0, 0.05) is 30.9 Å². The molecule has 0 unspecified atom stereocenters. The zero-order valence-electron chi connectivity index (χ0n) is 11.3. The maximum atomic E-state index is 11.8. The molecule has 1 amide bonds. The van der Waals surface area contributed by atoms with E-state index in [-0.39, 0.29) is 5.91 Å². The molecule has 0 aliphatic carbocycles. The molecular weight excluding hydrogens is 258 g/mol. The van der Waals surface area contributed by atoms with Crippen molar-refractivity contribution < 1.29 is 4.79 Å². The molecule has 4 nitrogen and oxygen atoms in total. The van der Waals surface area contributed by atoms with Crippen LogP contribution in [0.25, 0.3) is 0 Å². The number of rotatable bonds is 3. The van der Waals surface area contributed by atoms with E-state index in [0.717, 1.165) is 36.4 Å². The second-order valence-corrected chi connectivity index (χ2v) is 5.04. The van der Waals surface area contributed by atoms with Crippen LogP contribution in [0.3, 0.4) is 0 Å². The number of carbonyl (C=O) groups excluding carboxylic acids is 1. The minimum atomic E-state index is 0.215. The van der Waals surface area contributed by atoms with Gasteiger partial charge in [-0.15, -0.1) is 0 Å². The van der Waals surface area contributed by atoms with Crippen LogP contribution >= 0.6 is 12.2 Å². The molecule has 2 rings (SSSR count). The SMILES string of the molecule is CCNC(=S)Nc1ccc(N2CCCC2=O)c(C)c1. The number of thiocarbonyl (C=S) groups is 1. The Morgan fingerprint density at radius 2 is 2.26 bits per heavy atom. The van der Waals surface area contributed by atoms with E-state index in [4.69, 9.17) is 12.2 Å². The van der Waals surface area contributed by atoms with Crippen molar-refractivity contribution in [2.45, 2.75) is 26.7 Å². The van der Waals surface area contributed by atoms with Gasteiger partial charge in [0.1, 0.15) is 0 Å². The number of hydrogen-bond donors (Lipinski definition) is 2. The molecular formula is C14H19N3OS.